The third kappa shape index (κ3) is 5.45. The Labute approximate surface area is 322 Å². The summed E-state index contributed by atoms with van der Waals surface area (Å²) in [6, 6.07) is 62.9. The first-order valence-electron chi connectivity index (χ1n) is 19.6. The van der Waals surface area contributed by atoms with Crippen LogP contribution >= 0.6 is 0 Å². The normalized spacial score (nSPS) is 12.0. The van der Waals surface area contributed by atoms with Crippen molar-refractivity contribution >= 4 is 54.3 Å². The molecule has 1 aromatic heterocycles. The number of para-hydroxylation sites is 1. The Hall–Kier alpha value is -6.44. The Morgan fingerprint density at radius 1 is 0.327 bits per heavy atom. The van der Waals surface area contributed by atoms with E-state index in [-0.39, 0.29) is 0 Å². The smallest absolute Gasteiger partial charge is 0.135 e. The molecule has 0 bridgehead atoms. The highest BCUT2D eigenvalue weighted by atomic mass is 16.3. The van der Waals surface area contributed by atoms with E-state index in [0.29, 0.717) is 11.8 Å². The van der Waals surface area contributed by atoms with E-state index in [0.717, 1.165) is 21.9 Å². The van der Waals surface area contributed by atoms with Crippen molar-refractivity contribution in [3.05, 3.63) is 181 Å². The average molecular weight is 707 g/mol. The topological polar surface area (TPSA) is 13.1 Å². The van der Waals surface area contributed by atoms with Gasteiger partial charge in [-0.1, -0.05) is 179 Å². The summed E-state index contributed by atoms with van der Waals surface area (Å²) in [5.41, 5.74) is 14.5. The molecule has 0 N–H and O–H groups in total. The number of benzene rings is 9. The van der Waals surface area contributed by atoms with E-state index < -0.39 is 0 Å². The summed E-state index contributed by atoms with van der Waals surface area (Å²) >= 11 is 0. The molecule has 264 valence electrons. The van der Waals surface area contributed by atoms with Gasteiger partial charge in [0.15, 0.2) is 0 Å². The Morgan fingerprint density at radius 3 is 1.51 bits per heavy atom. The van der Waals surface area contributed by atoms with Gasteiger partial charge in [-0.15, -0.1) is 0 Å². The minimum Gasteiger partial charge on any atom is -0.456 e. The summed E-state index contributed by atoms with van der Waals surface area (Å²) in [5.74, 6) is 0.850. The summed E-state index contributed by atoms with van der Waals surface area (Å²) in [5, 5.41) is 9.78. The maximum absolute atomic E-state index is 6.32. The van der Waals surface area contributed by atoms with Gasteiger partial charge in [-0.2, -0.15) is 0 Å². The Balaban J connectivity index is 1.36. The summed E-state index contributed by atoms with van der Waals surface area (Å²) in [6.07, 6.45) is 0. The van der Waals surface area contributed by atoms with Gasteiger partial charge in [-0.3, -0.25) is 0 Å². The molecule has 0 aliphatic rings. The standard InChI is InChI=1S/C54H42O/c1-33(2)37-29-38(34(3)4)31-39(30-37)52-45-19-7-9-21-47(45)54(48-22-10-8-20-46(48)52)53-41(36-27-28-51-49(32-36)43-18-11-12-26-50(43)55-51)23-14-25-44(53)42-24-13-16-35-15-5-6-17-40(35)42/h5-34H,1-4H3. The molecular weight excluding hydrogens is 665 g/mol. The largest absolute Gasteiger partial charge is 0.456 e. The molecular formula is C54H42O. The monoisotopic (exact) mass is 706 g/mol. The van der Waals surface area contributed by atoms with Gasteiger partial charge in [0, 0.05) is 10.8 Å². The second-order valence-corrected chi connectivity index (χ2v) is 15.6. The van der Waals surface area contributed by atoms with E-state index in [4.69, 9.17) is 4.42 Å². The molecule has 0 fully saturated rings. The molecule has 0 spiro atoms. The zero-order valence-corrected chi connectivity index (χ0v) is 31.7. The second kappa shape index (κ2) is 13.1. The maximum Gasteiger partial charge on any atom is 0.135 e. The van der Waals surface area contributed by atoms with Crippen molar-refractivity contribution in [1.82, 2.24) is 0 Å². The van der Waals surface area contributed by atoms with Crippen LogP contribution in [-0.4, -0.2) is 0 Å². The van der Waals surface area contributed by atoms with E-state index in [9.17, 15) is 0 Å². The van der Waals surface area contributed by atoms with E-state index in [1.165, 1.54) is 88.0 Å². The lowest BCUT2D eigenvalue weighted by Gasteiger charge is -2.23. The van der Waals surface area contributed by atoms with Crippen LogP contribution in [0.4, 0.5) is 0 Å². The molecule has 1 heterocycles. The SMILES string of the molecule is CC(C)c1cc(-c2c3ccccc3c(-c3c(-c4ccc5oc6ccccc6c5c4)cccc3-c3cccc4ccccc34)c3ccccc23)cc(C(C)C)c1. The van der Waals surface area contributed by atoms with Crippen molar-refractivity contribution in [3.8, 4) is 44.5 Å². The lowest BCUT2D eigenvalue weighted by Crippen LogP contribution is -1.98. The molecule has 1 nitrogen and oxygen atoms in total. The molecule has 0 saturated carbocycles. The number of hydrogen-bond acceptors (Lipinski definition) is 1. The molecule has 0 radical (unpaired) electrons. The lowest BCUT2D eigenvalue weighted by atomic mass is 9.79. The van der Waals surface area contributed by atoms with Gasteiger partial charge >= 0.3 is 0 Å². The molecule has 0 amide bonds. The van der Waals surface area contributed by atoms with Crippen LogP contribution in [0, 0.1) is 0 Å². The molecule has 10 aromatic rings. The summed E-state index contributed by atoms with van der Waals surface area (Å²) < 4.78 is 6.32. The fraction of sp³-hybridized carbons (Fsp3) is 0.111. The molecule has 0 unspecified atom stereocenters. The zero-order valence-electron chi connectivity index (χ0n) is 31.7. The molecule has 0 atom stereocenters. The van der Waals surface area contributed by atoms with Crippen molar-refractivity contribution in [3.63, 3.8) is 0 Å². The first kappa shape index (κ1) is 33.2. The second-order valence-electron chi connectivity index (χ2n) is 15.6. The van der Waals surface area contributed by atoms with Crippen molar-refractivity contribution in [2.75, 3.05) is 0 Å². The zero-order chi connectivity index (χ0) is 37.2. The minimum atomic E-state index is 0.425. The number of fused-ring (bicyclic) bond motifs is 6. The highest BCUT2D eigenvalue weighted by molar-refractivity contribution is 6.24. The quantitative estimate of drug-likeness (QED) is 0.157. The van der Waals surface area contributed by atoms with E-state index in [2.05, 4.69) is 191 Å². The summed E-state index contributed by atoms with van der Waals surface area (Å²) in [7, 11) is 0. The predicted molar refractivity (Wildman–Crippen MR) is 236 cm³/mol. The Bertz CT molecular complexity index is 3010. The van der Waals surface area contributed by atoms with Gasteiger partial charge in [0.05, 0.1) is 0 Å². The summed E-state index contributed by atoms with van der Waals surface area (Å²) in [4.78, 5) is 0. The molecule has 0 aliphatic carbocycles. The third-order valence-corrected chi connectivity index (χ3v) is 11.6. The van der Waals surface area contributed by atoms with Gasteiger partial charge in [0.2, 0.25) is 0 Å². The van der Waals surface area contributed by atoms with Crippen LogP contribution in [0.25, 0.3) is 98.8 Å². The summed E-state index contributed by atoms with van der Waals surface area (Å²) in [6.45, 7) is 9.21. The Kier molecular flexibility index (Phi) is 7.92. The molecule has 1 heteroatoms. The van der Waals surface area contributed by atoms with Crippen LogP contribution in [0.1, 0.15) is 50.7 Å². The van der Waals surface area contributed by atoms with Crippen LogP contribution in [0.15, 0.2) is 174 Å². The maximum atomic E-state index is 6.32. The molecule has 10 rings (SSSR count). The van der Waals surface area contributed by atoms with Crippen LogP contribution in [0.2, 0.25) is 0 Å². The highest BCUT2D eigenvalue weighted by Gasteiger charge is 2.24. The van der Waals surface area contributed by atoms with Crippen LogP contribution in [0.3, 0.4) is 0 Å². The third-order valence-electron chi connectivity index (χ3n) is 11.6. The number of hydrogen-bond donors (Lipinski definition) is 0. The van der Waals surface area contributed by atoms with E-state index in [1.54, 1.807) is 0 Å². The molecule has 0 aliphatic heterocycles. The number of rotatable bonds is 6. The van der Waals surface area contributed by atoms with Gasteiger partial charge in [0.1, 0.15) is 11.2 Å². The molecule has 9 aromatic carbocycles. The van der Waals surface area contributed by atoms with Crippen molar-refractivity contribution in [1.29, 1.82) is 0 Å². The van der Waals surface area contributed by atoms with Crippen molar-refractivity contribution in [2.24, 2.45) is 0 Å². The average Bonchev–Trinajstić information content (AvgIpc) is 3.60. The highest BCUT2D eigenvalue weighted by Crippen LogP contribution is 2.50. The van der Waals surface area contributed by atoms with Crippen molar-refractivity contribution in [2.45, 2.75) is 39.5 Å². The van der Waals surface area contributed by atoms with E-state index in [1.807, 2.05) is 6.07 Å². The number of furan rings is 1. The Morgan fingerprint density at radius 2 is 0.836 bits per heavy atom. The fourth-order valence-electron chi connectivity index (χ4n) is 8.84. The van der Waals surface area contributed by atoms with Gasteiger partial charge < -0.3 is 4.42 Å². The first-order valence-corrected chi connectivity index (χ1v) is 19.6. The predicted octanol–water partition coefficient (Wildman–Crippen LogP) is 16.0. The van der Waals surface area contributed by atoms with Gasteiger partial charge in [-0.05, 0) is 118 Å². The first-order chi connectivity index (χ1) is 26.9. The fourth-order valence-corrected chi connectivity index (χ4v) is 8.84. The van der Waals surface area contributed by atoms with Crippen molar-refractivity contribution < 1.29 is 4.42 Å². The van der Waals surface area contributed by atoms with E-state index >= 15 is 0 Å². The van der Waals surface area contributed by atoms with Crippen LogP contribution in [-0.2, 0) is 0 Å². The van der Waals surface area contributed by atoms with Crippen LogP contribution in [0.5, 0.6) is 0 Å². The minimum absolute atomic E-state index is 0.425. The molecule has 0 saturated heterocycles. The molecule has 55 heavy (non-hydrogen) atoms. The van der Waals surface area contributed by atoms with Crippen LogP contribution < -0.4 is 0 Å². The van der Waals surface area contributed by atoms with Gasteiger partial charge in [0.25, 0.3) is 0 Å². The van der Waals surface area contributed by atoms with Gasteiger partial charge in [-0.25, -0.2) is 0 Å². The lowest BCUT2D eigenvalue weighted by molar-refractivity contribution is 0.669.